The third kappa shape index (κ3) is 3.52. The lowest BCUT2D eigenvalue weighted by Gasteiger charge is -2.22. The molecule has 0 unspecified atom stereocenters. The van der Waals surface area contributed by atoms with Crippen molar-refractivity contribution in [2.24, 2.45) is 0 Å². The van der Waals surface area contributed by atoms with Gasteiger partial charge in [-0.05, 0) is 19.8 Å². The Bertz CT molecular complexity index is 124. The monoisotopic (exact) mass is 173 g/mol. The minimum absolute atomic E-state index is 0.220. The van der Waals surface area contributed by atoms with Crippen molar-refractivity contribution in [3.05, 3.63) is 0 Å². The number of rotatable bonds is 6. The molecule has 0 radical (unpaired) electrons. The normalized spacial score (nSPS) is 20.0. The summed E-state index contributed by atoms with van der Waals surface area (Å²) in [6.45, 7) is 4.34. The van der Waals surface area contributed by atoms with Gasteiger partial charge in [-0.25, -0.2) is 0 Å². The summed E-state index contributed by atoms with van der Waals surface area (Å²) in [5, 5.41) is 9.22. The van der Waals surface area contributed by atoms with E-state index in [1.807, 2.05) is 6.92 Å². The SMILES string of the molecule is COCCN(C[C@@H](C)O)C1CC1. The van der Waals surface area contributed by atoms with E-state index in [4.69, 9.17) is 4.74 Å². The van der Waals surface area contributed by atoms with Crippen LogP contribution >= 0.6 is 0 Å². The molecular formula is C9H19NO2. The van der Waals surface area contributed by atoms with Crippen LogP contribution in [0.25, 0.3) is 0 Å². The molecule has 1 aliphatic rings. The van der Waals surface area contributed by atoms with E-state index in [9.17, 15) is 5.11 Å². The Morgan fingerprint density at radius 2 is 2.25 bits per heavy atom. The molecule has 1 rings (SSSR count). The first-order chi connectivity index (χ1) is 5.74. The first-order valence-corrected chi connectivity index (χ1v) is 4.65. The number of nitrogens with zero attached hydrogens (tertiary/aromatic N) is 1. The van der Waals surface area contributed by atoms with Crippen molar-refractivity contribution in [2.45, 2.75) is 31.9 Å². The predicted molar refractivity (Wildman–Crippen MR) is 48.2 cm³/mol. The van der Waals surface area contributed by atoms with Crippen molar-refractivity contribution in [3.8, 4) is 0 Å². The Labute approximate surface area is 74.3 Å². The van der Waals surface area contributed by atoms with Crippen LogP contribution in [0.5, 0.6) is 0 Å². The molecular weight excluding hydrogens is 154 g/mol. The second-order valence-corrected chi connectivity index (χ2v) is 3.57. The number of aliphatic hydroxyl groups is 1. The maximum absolute atomic E-state index is 9.22. The number of hydrogen-bond donors (Lipinski definition) is 1. The molecule has 1 fully saturated rings. The van der Waals surface area contributed by atoms with E-state index in [2.05, 4.69) is 4.90 Å². The van der Waals surface area contributed by atoms with E-state index < -0.39 is 0 Å². The lowest BCUT2D eigenvalue weighted by molar-refractivity contribution is 0.0935. The average Bonchev–Trinajstić information content (AvgIpc) is 2.79. The molecule has 0 bridgehead atoms. The Balaban J connectivity index is 2.18. The van der Waals surface area contributed by atoms with Gasteiger partial charge in [-0.2, -0.15) is 0 Å². The van der Waals surface area contributed by atoms with Gasteiger partial charge in [-0.1, -0.05) is 0 Å². The summed E-state index contributed by atoms with van der Waals surface area (Å²) in [6.07, 6.45) is 2.36. The molecule has 1 aliphatic carbocycles. The standard InChI is InChI=1S/C9H19NO2/c1-8(11)7-10(5-6-12-2)9-3-4-9/h8-9,11H,3-7H2,1-2H3/t8-/m1/s1. The number of hydrogen-bond acceptors (Lipinski definition) is 3. The zero-order valence-electron chi connectivity index (χ0n) is 7.99. The molecule has 3 nitrogen and oxygen atoms in total. The molecule has 1 atom stereocenters. The van der Waals surface area contributed by atoms with Crippen LogP contribution in [-0.2, 0) is 4.74 Å². The zero-order chi connectivity index (χ0) is 8.97. The van der Waals surface area contributed by atoms with E-state index >= 15 is 0 Å². The number of methoxy groups -OCH3 is 1. The van der Waals surface area contributed by atoms with Crippen molar-refractivity contribution < 1.29 is 9.84 Å². The fraction of sp³-hybridized carbons (Fsp3) is 1.00. The fourth-order valence-electron chi connectivity index (χ4n) is 1.41. The third-order valence-corrected chi connectivity index (χ3v) is 2.14. The molecule has 1 saturated carbocycles. The highest BCUT2D eigenvalue weighted by Crippen LogP contribution is 2.26. The number of aliphatic hydroxyl groups excluding tert-OH is 1. The Hall–Kier alpha value is -0.120. The molecule has 1 N–H and O–H groups in total. The minimum atomic E-state index is -0.220. The molecule has 0 heterocycles. The van der Waals surface area contributed by atoms with Gasteiger partial charge in [0.1, 0.15) is 0 Å². The van der Waals surface area contributed by atoms with Crippen molar-refractivity contribution in [1.29, 1.82) is 0 Å². The molecule has 72 valence electrons. The summed E-state index contributed by atoms with van der Waals surface area (Å²) < 4.78 is 5.01. The molecule has 0 spiro atoms. The summed E-state index contributed by atoms with van der Waals surface area (Å²) in [4.78, 5) is 2.31. The zero-order valence-corrected chi connectivity index (χ0v) is 7.99. The van der Waals surface area contributed by atoms with Crippen LogP contribution in [0.2, 0.25) is 0 Å². The van der Waals surface area contributed by atoms with Gasteiger partial charge in [0.15, 0.2) is 0 Å². The van der Waals surface area contributed by atoms with Crippen LogP contribution in [0.1, 0.15) is 19.8 Å². The Morgan fingerprint density at radius 3 is 2.67 bits per heavy atom. The van der Waals surface area contributed by atoms with Crippen molar-refractivity contribution in [2.75, 3.05) is 26.8 Å². The second kappa shape index (κ2) is 4.80. The summed E-state index contributed by atoms with van der Waals surface area (Å²) in [7, 11) is 1.72. The van der Waals surface area contributed by atoms with Gasteiger partial charge in [0.2, 0.25) is 0 Å². The molecule has 0 aliphatic heterocycles. The third-order valence-electron chi connectivity index (χ3n) is 2.14. The van der Waals surface area contributed by atoms with Gasteiger partial charge in [0.25, 0.3) is 0 Å². The van der Waals surface area contributed by atoms with Gasteiger partial charge in [0, 0.05) is 26.2 Å². The maximum Gasteiger partial charge on any atom is 0.0639 e. The van der Waals surface area contributed by atoms with E-state index in [1.54, 1.807) is 7.11 Å². The molecule has 0 aromatic rings. The van der Waals surface area contributed by atoms with Crippen LogP contribution in [-0.4, -0.2) is 49.0 Å². The summed E-state index contributed by atoms with van der Waals surface area (Å²) in [5.74, 6) is 0. The second-order valence-electron chi connectivity index (χ2n) is 3.57. The Morgan fingerprint density at radius 1 is 1.58 bits per heavy atom. The lowest BCUT2D eigenvalue weighted by Crippen LogP contribution is -2.35. The topological polar surface area (TPSA) is 32.7 Å². The summed E-state index contributed by atoms with van der Waals surface area (Å²) >= 11 is 0. The highest BCUT2D eigenvalue weighted by Gasteiger charge is 2.28. The van der Waals surface area contributed by atoms with E-state index in [-0.39, 0.29) is 6.10 Å². The number of ether oxygens (including phenoxy) is 1. The van der Waals surface area contributed by atoms with Crippen LogP contribution in [0.4, 0.5) is 0 Å². The van der Waals surface area contributed by atoms with Crippen LogP contribution < -0.4 is 0 Å². The van der Waals surface area contributed by atoms with Crippen LogP contribution in [0.15, 0.2) is 0 Å². The van der Waals surface area contributed by atoms with E-state index in [0.29, 0.717) is 0 Å². The summed E-state index contributed by atoms with van der Waals surface area (Å²) in [6, 6.07) is 0.717. The van der Waals surface area contributed by atoms with Gasteiger partial charge < -0.3 is 9.84 Å². The largest absolute Gasteiger partial charge is 0.392 e. The average molecular weight is 173 g/mol. The smallest absolute Gasteiger partial charge is 0.0639 e. The lowest BCUT2D eigenvalue weighted by atomic mass is 10.3. The van der Waals surface area contributed by atoms with Gasteiger partial charge in [-0.3, -0.25) is 4.90 Å². The fourth-order valence-corrected chi connectivity index (χ4v) is 1.41. The summed E-state index contributed by atoms with van der Waals surface area (Å²) in [5.41, 5.74) is 0. The molecule has 0 saturated heterocycles. The Kier molecular flexibility index (Phi) is 3.98. The molecule has 12 heavy (non-hydrogen) atoms. The van der Waals surface area contributed by atoms with Crippen molar-refractivity contribution in [1.82, 2.24) is 4.90 Å². The highest BCUT2D eigenvalue weighted by atomic mass is 16.5. The van der Waals surface area contributed by atoms with Crippen LogP contribution in [0.3, 0.4) is 0 Å². The molecule has 3 heteroatoms. The first kappa shape index (κ1) is 9.96. The van der Waals surface area contributed by atoms with Crippen molar-refractivity contribution >= 4 is 0 Å². The van der Waals surface area contributed by atoms with Gasteiger partial charge >= 0.3 is 0 Å². The molecule has 0 aromatic carbocycles. The first-order valence-electron chi connectivity index (χ1n) is 4.65. The van der Waals surface area contributed by atoms with Crippen LogP contribution in [0, 0.1) is 0 Å². The van der Waals surface area contributed by atoms with E-state index in [1.165, 1.54) is 12.8 Å². The molecule has 0 amide bonds. The maximum atomic E-state index is 9.22. The highest BCUT2D eigenvalue weighted by molar-refractivity contribution is 4.85. The van der Waals surface area contributed by atoms with E-state index in [0.717, 1.165) is 25.7 Å². The molecule has 0 aromatic heterocycles. The van der Waals surface area contributed by atoms with Crippen molar-refractivity contribution in [3.63, 3.8) is 0 Å². The van der Waals surface area contributed by atoms with Gasteiger partial charge in [-0.15, -0.1) is 0 Å². The minimum Gasteiger partial charge on any atom is -0.392 e. The quantitative estimate of drug-likeness (QED) is 0.634. The predicted octanol–water partition coefficient (Wildman–Crippen LogP) is 0.478. The van der Waals surface area contributed by atoms with Gasteiger partial charge in [0.05, 0.1) is 12.7 Å².